The number of nitrogens with one attached hydrogen (secondary N) is 1. The van der Waals surface area contributed by atoms with E-state index in [2.05, 4.69) is 27.9 Å². The molecule has 5 nitrogen and oxygen atoms in total. The van der Waals surface area contributed by atoms with E-state index in [1.54, 1.807) is 19.2 Å². The van der Waals surface area contributed by atoms with Crippen molar-refractivity contribution in [3.8, 4) is 17.2 Å². The van der Waals surface area contributed by atoms with E-state index in [4.69, 9.17) is 14.2 Å². The largest absolute Gasteiger partial charge is 0.496 e. The first kappa shape index (κ1) is 16.9. The number of hydrogen-bond donors (Lipinski definition) is 1. The van der Waals surface area contributed by atoms with Gasteiger partial charge in [0.25, 0.3) is 5.91 Å². The Labute approximate surface area is 133 Å². The van der Waals surface area contributed by atoms with Crippen molar-refractivity contribution in [2.45, 2.75) is 12.8 Å². The summed E-state index contributed by atoms with van der Waals surface area (Å²) in [5.41, 5.74) is 0.444. The lowest BCUT2D eigenvalue weighted by Crippen LogP contribution is -2.25. The van der Waals surface area contributed by atoms with Gasteiger partial charge in [-0.2, -0.15) is 0 Å². The Morgan fingerprint density at radius 3 is 2.20 bits per heavy atom. The summed E-state index contributed by atoms with van der Waals surface area (Å²) in [5, 5.41) is 2.88. The van der Waals surface area contributed by atoms with Crippen molar-refractivity contribution in [3.05, 3.63) is 17.7 Å². The Hall–Kier alpha value is -1.18. The Morgan fingerprint density at radius 1 is 1.05 bits per heavy atom. The van der Waals surface area contributed by atoms with Gasteiger partial charge in [-0.3, -0.25) is 4.79 Å². The topological polar surface area (TPSA) is 56.8 Å². The molecule has 0 aliphatic heterocycles. The van der Waals surface area contributed by atoms with Crippen LogP contribution in [0.15, 0.2) is 12.1 Å². The normalized spacial score (nSPS) is 10.0. The molecule has 1 amide bonds. The van der Waals surface area contributed by atoms with Gasteiger partial charge in [-0.05, 0) is 17.3 Å². The molecule has 0 saturated carbocycles. The maximum absolute atomic E-state index is 12.2. The summed E-state index contributed by atoms with van der Waals surface area (Å²) >= 11 is 2.32. The first-order chi connectivity index (χ1) is 9.67. The van der Waals surface area contributed by atoms with Crippen molar-refractivity contribution in [2.75, 3.05) is 32.3 Å². The zero-order valence-corrected chi connectivity index (χ0v) is 14.2. The van der Waals surface area contributed by atoms with Gasteiger partial charge in [0.15, 0.2) is 11.5 Å². The molecule has 1 aromatic carbocycles. The lowest BCUT2D eigenvalue weighted by atomic mass is 10.1. The molecule has 0 fully saturated rings. The van der Waals surface area contributed by atoms with Crippen LogP contribution in [0.5, 0.6) is 17.2 Å². The third-order valence-corrected chi connectivity index (χ3v) is 3.56. The zero-order chi connectivity index (χ0) is 15.0. The van der Waals surface area contributed by atoms with Gasteiger partial charge in [0.2, 0.25) is 0 Å². The molecule has 0 saturated heterocycles. The molecule has 0 heterocycles. The average Bonchev–Trinajstić information content (AvgIpc) is 2.49. The molecule has 0 aliphatic carbocycles. The fraction of sp³-hybridized carbons (Fsp3) is 0.500. The van der Waals surface area contributed by atoms with Gasteiger partial charge in [-0.15, -0.1) is 0 Å². The van der Waals surface area contributed by atoms with E-state index >= 15 is 0 Å². The molecule has 0 atom stereocenters. The fourth-order valence-electron chi connectivity index (χ4n) is 1.72. The molecule has 1 N–H and O–H groups in total. The summed E-state index contributed by atoms with van der Waals surface area (Å²) in [6.45, 7) is 0.652. The molecule has 1 aromatic rings. The smallest absolute Gasteiger partial charge is 0.255 e. The molecule has 0 radical (unpaired) electrons. The molecule has 112 valence electrons. The highest BCUT2D eigenvalue weighted by atomic mass is 127. The van der Waals surface area contributed by atoms with Crippen LogP contribution in [0.1, 0.15) is 23.2 Å². The number of methoxy groups -OCH3 is 3. The molecular weight excluding hydrogens is 373 g/mol. The summed E-state index contributed by atoms with van der Waals surface area (Å²) in [5.74, 6) is 1.34. The summed E-state index contributed by atoms with van der Waals surface area (Å²) in [7, 11) is 4.60. The SMILES string of the molecule is COc1cc(OC)c(C(=O)NCCCCI)cc1OC. The van der Waals surface area contributed by atoms with Crippen LogP contribution in [0.25, 0.3) is 0 Å². The van der Waals surface area contributed by atoms with E-state index in [1.807, 2.05) is 0 Å². The van der Waals surface area contributed by atoms with E-state index in [1.165, 1.54) is 14.2 Å². The molecule has 0 bridgehead atoms. The van der Waals surface area contributed by atoms with Crippen LogP contribution < -0.4 is 19.5 Å². The minimum atomic E-state index is -0.170. The Kier molecular flexibility index (Phi) is 7.50. The van der Waals surface area contributed by atoms with Crippen molar-refractivity contribution in [1.82, 2.24) is 5.32 Å². The number of unbranched alkanes of at least 4 members (excludes halogenated alkanes) is 1. The van der Waals surface area contributed by atoms with E-state index in [9.17, 15) is 4.79 Å². The summed E-state index contributed by atoms with van der Waals surface area (Å²) in [4.78, 5) is 12.2. The van der Waals surface area contributed by atoms with E-state index < -0.39 is 0 Å². The van der Waals surface area contributed by atoms with Crippen LogP contribution in [0, 0.1) is 0 Å². The van der Waals surface area contributed by atoms with Gasteiger partial charge >= 0.3 is 0 Å². The number of benzene rings is 1. The van der Waals surface area contributed by atoms with Gasteiger partial charge in [-0.1, -0.05) is 22.6 Å². The highest BCUT2D eigenvalue weighted by Crippen LogP contribution is 2.34. The van der Waals surface area contributed by atoms with E-state index in [-0.39, 0.29) is 5.91 Å². The van der Waals surface area contributed by atoms with Crippen LogP contribution in [0.4, 0.5) is 0 Å². The third kappa shape index (κ3) is 4.43. The van der Waals surface area contributed by atoms with Crippen molar-refractivity contribution in [1.29, 1.82) is 0 Å². The number of alkyl halides is 1. The average molecular weight is 393 g/mol. The second-order valence-electron chi connectivity index (χ2n) is 4.06. The number of ether oxygens (including phenoxy) is 3. The first-order valence-electron chi connectivity index (χ1n) is 6.32. The third-order valence-electron chi connectivity index (χ3n) is 2.80. The van der Waals surface area contributed by atoms with Gasteiger partial charge in [0.1, 0.15) is 5.75 Å². The quantitative estimate of drug-likeness (QED) is 0.419. The van der Waals surface area contributed by atoms with Crippen molar-refractivity contribution < 1.29 is 19.0 Å². The molecule has 0 aliphatic rings. The van der Waals surface area contributed by atoms with Gasteiger partial charge in [0, 0.05) is 18.7 Å². The number of amides is 1. The van der Waals surface area contributed by atoms with Gasteiger partial charge in [-0.25, -0.2) is 0 Å². The standard InChI is InChI=1S/C14H20INO4/c1-18-11-9-13(20-3)12(19-2)8-10(11)14(17)16-7-5-4-6-15/h8-9H,4-7H2,1-3H3,(H,16,17). The van der Waals surface area contributed by atoms with Crippen LogP contribution in [0.2, 0.25) is 0 Å². The maximum Gasteiger partial charge on any atom is 0.255 e. The minimum Gasteiger partial charge on any atom is -0.496 e. The Balaban J connectivity index is 2.89. The monoisotopic (exact) mass is 393 g/mol. The number of carbonyl (C=O) groups excluding carboxylic acids is 1. The number of hydrogen-bond acceptors (Lipinski definition) is 4. The lowest BCUT2D eigenvalue weighted by molar-refractivity contribution is 0.0949. The van der Waals surface area contributed by atoms with E-state index in [0.29, 0.717) is 29.4 Å². The van der Waals surface area contributed by atoms with Crippen molar-refractivity contribution in [2.24, 2.45) is 0 Å². The van der Waals surface area contributed by atoms with Crippen molar-refractivity contribution >= 4 is 28.5 Å². The fourth-order valence-corrected chi connectivity index (χ4v) is 2.26. The lowest BCUT2D eigenvalue weighted by Gasteiger charge is -2.14. The van der Waals surface area contributed by atoms with Gasteiger partial charge in [0.05, 0.1) is 26.9 Å². The predicted molar refractivity (Wildman–Crippen MR) is 86.6 cm³/mol. The number of halogens is 1. The molecule has 0 spiro atoms. The summed E-state index contributed by atoms with van der Waals surface area (Å²) in [6.07, 6.45) is 2.05. The second kappa shape index (κ2) is 8.89. The summed E-state index contributed by atoms with van der Waals surface area (Å²) in [6, 6.07) is 3.28. The number of carbonyl (C=O) groups is 1. The molecule has 6 heteroatoms. The van der Waals surface area contributed by atoms with Crippen LogP contribution in [0.3, 0.4) is 0 Å². The zero-order valence-electron chi connectivity index (χ0n) is 12.0. The number of rotatable bonds is 8. The minimum absolute atomic E-state index is 0.170. The Bertz CT molecular complexity index is 451. The molecule has 1 rings (SSSR count). The van der Waals surface area contributed by atoms with Crippen molar-refractivity contribution in [3.63, 3.8) is 0 Å². The van der Waals surface area contributed by atoms with Crippen LogP contribution in [-0.4, -0.2) is 38.2 Å². The second-order valence-corrected chi connectivity index (χ2v) is 5.14. The maximum atomic E-state index is 12.2. The molecule has 0 unspecified atom stereocenters. The molecular formula is C14H20INO4. The summed E-state index contributed by atoms with van der Waals surface area (Å²) < 4.78 is 16.7. The highest BCUT2D eigenvalue weighted by Gasteiger charge is 2.17. The molecule has 20 heavy (non-hydrogen) atoms. The van der Waals surface area contributed by atoms with Crippen LogP contribution in [-0.2, 0) is 0 Å². The van der Waals surface area contributed by atoms with Crippen LogP contribution >= 0.6 is 22.6 Å². The first-order valence-corrected chi connectivity index (χ1v) is 7.84. The van der Waals surface area contributed by atoms with E-state index in [0.717, 1.165) is 17.3 Å². The predicted octanol–water partition coefficient (Wildman–Crippen LogP) is 2.66. The Morgan fingerprint density at radius 2 is 1.65 bits per heavy atom. The molecule has 0 aromatic heterocycles. The highest BCUT2D eigenvalue weighted by molar-refractivity contribution is 14.1. The van der Waals surface area contributed by atoms with Gasteiger partial charge < -0.3 is 19.5 Å².